The van der Waals surface area contributed by atoms with Crippen molar-refractivity contribution in [1.82, 2.24) is 9.66 Å². The van der Waals surface area contributed by atoms with Crippen molar-refractivity contribution < 1.29 is 23.7 Å². The number of ether oxygens (including phenoxy) is 4. The number of para-hydroxylation sites is 1. The van der Waals surface area contributed by atoms with E-state index < -0.39 is 5.97 Å². The molecule has 0 fully saturated rings. The van der Waals surface area contributed by atoms with Crippen LogP contribution in [0.5, 0.6) is 17.2 Å². The van der Waals surface area contributed by atoms with Gasteiger partial charge in [0.15, 0.2) is 23.9 Å². The molecule has 0 aliphatic heterocycles. The molecule has 0 atom stereocenters. The van der Waals surface area contributed by atoms with E-state index in [0.29, 0.717) is 44.0 Å². The van der Waals surface area contributed by atoms with Crippen molar-refractivity contribution in [3.8, 4) is 28.6 Å². The van der Waals surface area contributed by atoms with Gasteiger partial charge in [0.05, 0.1) is 40.5 Å². The number of aryl methyl sites for hydroxylation is 1. The van der Waals surface area contributed by atoms with Gasteiger partial charge in [0.25, 0.3) is 5.56 Å². The Hall–Kier alpha value is -3.93. The summed E-state index contributed by atoms with van der Waals surface area (Å²) in [4.78, 5) is 30.7. The first-order valence-electron chi connectivity index (χ1n) is 14.1. The van der Waals surface area contributed by atoms with E-state index in [2.05, 4.69) is 41.5 Å². The van der Waals surface area contributed by atoms with Gasteiger partial charge in [-0.05, 0) is 109 Å². The predicted molar refractivity (Wildman–Crippen MR) is 177 cm³/mol. The van der Waals surface area contributed by atoms with Crippen molar-refractivity contribution in [1.29, 1.82) is 0 Å². The summed E-state index contributed by atoms with van der Waals surface area (Å²) in [6.45, 7) is 12.0. The molecule has 43 heavy (non-hydrogen) atoms. The molecule has 0 aliphatic carbocycles. The summed E-state index contributed by atoms with van der Waals surface area (Å²) in [6, 6.07) is 14.8. The largest absolute Gasteiger partial charge is 0.494 e. The molecular formula is C33H36IN3O6. The third-order valence-corrected chi connectivity index (χ3v) is 7.35. The van der Waals surface area contributed by atoms with E-state index in [4.69, 9.17) is 23.9 Å². The third-order valence-electron chi connectivity index (χ3n) is 6.55. The summed E-state index contributed by atoms with van der Waals surface area (Å²) in [5.41, 5.74) is 3.68. The zero-order chi connectivity index (χ0) is 31.3. The molecule has 0 spiro atoms. The van der Waals surface area contributed by atoms with Crippen molar-refractivity contribution in [3.05, 3.63) is 79.1 Å². The molecule has 1 heterocycles. The Morgan fingerprint density at radius 3 is 2.49 bits per heavy atom. The maximum Gasteiger partial charge on any atom is 0.344 e. The molecule has 4 aromatic rings. The molecule has 9 nitrogen and oxygen atoms in total. The van der Waals surface area contributed by atoms with Crippen molar-refractivity contribution in [2.75, 3.05) is 20.3 Å². The van der Waals surface area contributed by atoms with Crippen LogP contribution in [0.3, 0.4) is 0 Å². The molecule has 0 unspecified atom stereocenters. The maximum absolute atomic E-state index is 13.8. The average Bonchev–Trinajstić information content (AvgIpc) is 2.95. The fraction of sp³-hybridized carbons (Fsp3) is 0.333. The van der Waals surface area contributed by atoms with E-state index in [1.807, 2.05) is 44.2 Å². The summed E-state index contributed by atoms with van der Waals surface area (Å²) in [7, 11) is 1.52. The molecule has 4 rings (SSSR count). The second-order valence-corrected chi connectivity index (χ2v) is 11.6. The van der Waals surface area contributed by atoms with Gasteiger partial charge in [-0.3, -0.25) is 4.79 Å². The highest BCUT2D eigenvalue weighted by atomic mass is 127. The maximum atomic E-state index is 13.8. The van der Waals surface area contributed by atoms with Gasteiger partial charge in [0.2, 0.25) is 0 Å². The molecule has 0 aliphatic rings. The van der Waals surface area contributed by atoms with E-state index in [1.165, 1.54) is 11.8 Å². The lowest BCUT2D eigenvalue weighted by molar-refractivity contribution is -0.149. The van der Waals surface area contributed by atoms with Crippen LogP contribution in [0.15, 0.2) is 58.4 Å². The van der Waals surface area contributed by atoms with Crippen LogP contribution in [0.4, 0.5) is 0 Å². The van der Waals surface area contributed by atoms with Gasteiger partial charge >= 0.3 is 5.97 Å². The second-order valence-electron chi connectivity index (χ2n) is 10.5. The van der Waals surface area contributed by atoms with Gasteiger partial charge < -0.3 is 18.9 Å². The smallest absolute Gasteiger partial charge is 0.344 e. The fourth-order valence-corrected chi connectivity index (χ4v) is 5.36. The Bertz CT molecular complexity index is 1730. The van der Waals surface area contributed by atoms with Crippen LogP contribution < -0.4 is 19.8 Å². The van der Waals surface area contributed by atoms with Crippen molar-refractivity contribution in [2.24, 2.45) is 5.10 Å². The normalized spacial score (nSPS) is 11.5. The Morgan fingerprint density at radius 1 is 1.07 bits per heavy atom. The predicted octanol–water partition coefficient (Wildman–Crippen LogP) is 6.72. The summed E-state index contributed by atoms with van der Waals surface area (Å²) >= 11 is 2.11. The number of hydrogen-bond donors (Lipinski definition) is 0. The van der Waals surface area contributed by atoms with Gasteiger partial charge in [-0.25, -0.2) is 9.78 Å². The Balaban J connectivity index is 1.82. The summed E-state index contributed by atoms with van der Waals surface area (Å²) in [6.07, 6.45) is 1.34. The molecule has 0 amide bonds. The Kier molecular flexibility index (Phi) is 10.4. The van der Waals surface area contributed by atoms with Crippen LogP contribution in [0.25, 0.3) is 22.3 Å². The van der Waals surface area contributed by atoms with Crippen LogP contribution in [0.2, 0.25) is 0 Å². The number of halogens is 1. The molecule has 0 N–H and O–H groups in total. The van der Waals surface area contributed by atoms with Crippen LogP contribution >= 0.6 is 22.6 Å². The number of aromatic nitrogens is 2. The van der Waals surface area contributed by atoms with E-state index in [0.717, 1.165) is 22.4 Å². The number of carbonyl (C=O) groups is 1. The van der Waals surface area contributed by atoms with Gasteiger partial charge in [0, 0.05) is 5.56 Å². The number of carbonyl (C=O) groups excluding carboxylic acids is 1. The third kappa shape index (κ3) is 7.35. The quantitative estimate of drug-likeness (QED) is 0.0975. The van der Waals surface area contributed by atoms with E-state index in [-0.39, 0.29) is 24.2 Å². The van der Waals surface area contributed by atoms with Crippen LogP contribution in [0.1, 0.15) is 57.2 Å². The van der Waals surface area contributed by atoms with Crippen LogP contribution in [0, 0.1) is 10.5 Å². The first-order valence-corrected chi connectivity index (χ1v) is 15.2. The van der Waals surface area contributed by atoms with Crippen molar-refractivity contribution >= 4 is 45.7 Å². The molecule has 10 heteroatoms. The minimum absolute atomic E-state index is 0.188. The molecule has 226 valence electrons. The molecule has 3 aromatic carbocycles. The number of hydrogen-bond acceptors (Lipinski definition) is 8. The number of methoxy groups -OCH3 is 1. The molecule has 0 saturated carbocycles. The molecule has 0 radical (unpaired) electrons. The zero-order valence-corrected chi connectivity index (χ0v) is 27.6. The lowest BCUT2D eigenvalue weighted by Crippen LogP contribution is -2.21. The standard InChI is InChI=1S/C33H36IN3O6/c1-8-41-28-13-21(6)25(16-24(28)19(2)3)32-36-27-12-10-9-11-23(27)33(39)37(32)35-17-22-14-26(34)31(29(15-22)40-7)42-18-30(38)43-20(4)5/h9-17,19-20H,8,18H2,1-7H3. The lowest BCUT2D eigenvalue weighted by atomic mass is 9.96. The summed E-state index contributed by atoms with van der Waals surface area (Å²) in [5, 5.41) is 5.10. The average molecular weight is 698 g/mol. The number of nitrogens with zero attached hydrogens (tertiary/aromatic N) is 3. The Morgan fingerprint density at radius 2 is 1.81 bits per heavy atom. The zero-order valence-electron chi connectivity index (χ0n) is 25.4. The van der Waals surface area contributed by atoms with Gasteiger partial charge in [-0.2, -0.15) is 9.78 Å². The topological polar surface area (TPSA) is 101 Å². The highest BCUT2D eigenvalue weighted by molar-refractivity contribution is 14.1. The molecule has 1 aromatic heterocycles. The SMILES string of the molecule is CCOc1cc(C)c(-c2nc3ccccc3c(=O)n2N=Cc2cc(I)c(OCC(=O)OC(C)C)c(OC)c2)cc1C(C)C. The number of esters is 1. The van der Waals surface area contributed by atoms with Gasteiger partial charge in [0.1, 0.15) is 5.75 Å². The number of fused-ring (bicyclic) bond motifs is 1. The van der Waals surface area contributed by atoms with Crippen molar-refractivity contribution in [2.45, 2.75) is 53.6 Å². The van der Waals surface area contributed by atoms with E-state index in [9.17, 15) is 9.59 Å². The molecule has 0 bridgehead atoms. The van der Waals surface area contributed by atoms with Gasteiger partial charge in [-0.15, -0.1) is 0 Å². The summed E-state index contributed by atoms with van der Waals surface area (Å²) in [5.74, 6) is 1.79. The lowest BCUT2D eigenvalue weighted by Gasteiger charge is -2.18. The van der Waals surface area contributed by atoms with Gasteiger partial charge in [-0.1, -0.05) is 26.0 Å². The molecule has 0 saturated heterocycles. The minimum atomic E-state index is -0.473. The van der Waals surface area contributed by atoms with Crippen LogP contribution in [-0.4, -0.2) is 48.3 Å². The van der Waals surface area contributed by atoms with Crippen LogP contribution in [-0.2, 0) is 9.53 Å². The first-order chi connectivity index (χ1) is 20.5. The summed E-state index contributed by atoms with van der Waals surface area (Å²) < 4.78 is 24.4. The number of rotatable bonds is 11. The minimum Gasteiger partial charge on any atom is -0.494 e. The monoisotopic (exact) mass is 697 g/mol. The van der Waals surface area contributed by atoms with Crippen molar-refractivity contribution in [3.63, 3.8) is 0 Å². The molecular weight excluding hydrogens is 661 g/mol. The number of benzene rings is 3. The Labute approximate surface area is 265 Å². The van der Waals surface area contributed by atoms with E-state index in [1.54, 1.807) is 38.3 Å². The fourth-order valence-electron chi connectivity index (χ4n) is 4.58. The first kappa shape index (κ1) is 32.0. The second kappa shape index (κ2) is 14.0. The van der Waals surface area contributed by atoms with E-state index >= 15 is 0 Å². The highest BCUT2D eigenvalue weighted by Gasteiger charge is 2.19. The highest BCUT2D eigenvalue weighted by Crippen LogP contribution is 2.35.